The lowest BCUT2D eigenvalue weighted by Gasteiger charge is -2.31. The molecule has 1 fully saturated rings. The number of rotatable bonds is 3. The van der Waals surface area contributed by atoms with Gasteiger partial charge in [-0.3, -0.25) is 4.99 Å². The molecule has 0 bridgehead atoms. The van der Waals surface area contributed by atoms with Gasteiger partial charge in [-0.05, 0) is 37.8 Å². The number of nitrogens with zero attached hydrogens (tertiary/aromatic N) is 2. The van der Waals surface area contributed by atoms with Gasteiger partial charge in [0.15, 0.2) is 5.96 Å². The topological polar surface area (TPSA) is 41.4 Å². The van der Waals surface area contributed by atoms with E-state index in [1.54, 1.807) is 7.05 Å². The Morgan fingerprint density at radius 3 is 2.50 bits per heavy atom. The molecule has 0 saturated heterocycles. The summed E-state index contributed by atoms with van der Waals surface area (Å²) in [7, 11) is 3.63. The first-order valence-corrected chi connectivity index (χ1v) is 7.54. The van der Waals surface area contributed by atoms with Crippen molar-refractivity contribution in [2.24, 2.45) is 18.0 Å². The molecule has 2 rings (SSSR count). The third kappa shape index (κ3) is 4.42. The molecule has 22 heavy (non-hydrogen) atoms. The first-order chi connectivity index (χ1) is 10.4. The molecule has 1 aliphatic carbocycles. The summed E-state index contributed by atoms with van der Waals surface area (Å²) in [6.07, 6.45) is -0.668. The maximum atomic E-state index is 12.7. The van der Waals surface area contributed by atoms with Gasteiger partial charge in [0.2, 0.25) is 0 Å². The molecule has 124 valence electrons. The minimum Gasteiger partial charge on any atom is -0.354 e. The molecule has 1 aliphatic rings. The third-order valence-corrected chi connectivity index (χ3v) is 4.24. The van der Waals surface area contributed by atoms with Crippen LogP contribution in [-0.4, -0.2) is 29.8 Å². The van der Waals surface area contributed by atoms with Gasteiger partial charge in [-0.1, -0.05) is 0 Å². The fraction of sp³-hybridized carbons (Fsp3) is 0.667. The quantitative estimate of drug-likeness (QED) is 0.665. The van der Waals surface area contributed by atoms with Crippen molar-refractivity contribution in [1.29, 1.82) is 0 Å². The average molecular weight is 316 g/mol. The number of halogens is 3. The van der Waals surface area contributed by atoms with Crippen molar-refractivity contribution >= 4 is 5.96 Å². The molecule has 0 amide bonds. The highest BCUT2D eigenvalue weighted by Crippen LogP contribution is 2.37. The molecule has 2 N–H and O–H groups in total. The van der Waals surface area contributed by atoms with Crippen molar-refractivity contribution in [2.75, 3.05) is 7.05 Å². The highest BCUT2D eigenvalue weighted by Gasteiger charge is 2.41. The largest absolute Gasteiger partial charge is 0.391 e. The van der Waals surface area contributed by atoms with Crippen LogP contribution in [0.5, 0.6) is 0 Å². The van der Waals surface area contributed by atoms with Crippen molar-refractivity contribution in [1.82, 2.24) is 15.2 Å². The van der Waals surface area contributed by atoms with Crippen molar-refractivity contribution in [3.63, 3.8) is 0 Å². The molecule has 0 radical (unpaired) electrons. The first kappa shape index (κ1) is 16.7. The van der Waals surface area contributed by atoms with E-state index in [1.807, 2.05) is 29.9 Å². The van der Waals surface area contributed by atoms with Crippen LogP contribution in [0.1, 0.15) is 31.4 Å². The zero-order chi connectivity index (χ0) is 16.2. The molecule has 0 atom stereocenters. The minimum absolute atomic E-state index is 0.0539. The van der Waals surface area contributed by atoms with E-state index in [2.05, 4.69) is 15.6 Å². The van der Waals surface area contributed by atoms with E-state index in [-0.39, 0.29) is 18.9 Å². The Morgan fingerprint density at radius 1 is 1.32 bits per heavy atom. The number of alkyl halides is 3. The highest BCUT2D eigenvalue weighted by molar-refractivity contribution is 5.79. The second-order valence-electron chi connectivity index (χ2n) is 5.77. The maximum absolute atomic E-state index is 12.7. The molecule has 7 heteroatoms. The van der Waals surface area contributed by atoms with Gasteiger partial charge in [-0.25, -0.2) is 0 Å². The molecule has 0 aliphatic heterocycles. The van der Waals surface area contributed by atoms with Crippen LogP contribution in [0.4, 0.5) is 13.2 Å². The Labute approximate surface area is 128 Å². The van der Waals surface area contributed by atoms with Crippen LogP contribution in [0.3, 0.4) is 0 Å². The summed E-state index contributed by atoms with van der Waals surface area (Å²) in [5.74, 6) is -0.513. The predicted octanol–water partition coefficient (Wildman–Crippen LogP) is 2.81. The van der Waals surface area contributed by atoms with Crippen LogP contribution in [-0.2, 0) is 13.6 Å². The van der Waals surface area contributed by atoms with E-state index in [0.29, 0.717) is 25.3 Å². The van der Waals surface area contributed by atoms with E-state index in [1.165, 1.54) is 0 Å². The lowest BCUT2D eigenvalue weighted by atomic mass is 9.85. The number of nitrogens with one attached hydrogen (secondary N) is 2. The van der Waals surface area contributed by atoms with Gasteiger partial charge >= 0.3 is 6.18 Å². The number of hydrogen-bond donors (Lipinski definition) is 2. The summed E-state index contributed by atoms with van der Waals surface area (Å²) in [6, 6.07) is 4.03. The Morgan fingerprint density at radius 2 is 2.00 bits per heavy atom. The minimum atomic E-state index is -4.06. The monoisotopic (exact) mass is 316 g/mol. The smallest absolute Gasteiger partial charge is 0.354 e. The molecule has 1 aromatic heterocycles. The Bertz CT molecular complexity index is 499. The van der Waals surface area contributed by atoms with Gasteiger partial charge in [0, 0.05) is 32.0 Å². The van der Waals surface area contributed by atoms with Gasteiger partial charge in [-0.2, -0.15) is 13.2 Å². The van der Waals surface area contributed by atoms with E-state index in [4.69, 9.17) is 0 Å². The molecular weight excluding hydrogens is 293 g/mol. The highest BCUT2D eigenvalue weighted by atomic mass is 19.4. The Kier molecular flexibility index (Phi) is 5.37. The van der Waals surface area contributed by atoms with E-state index in [9.17, 15) is 13.2 Å². The number of aromatic nitrogens is 1. The zero-order valence-electron chi connectivity index (χ0n) is 13.0. The van der Waals surface area contributed by atoms with Crippen LogP contribution >= 0.6 is 0 Å². The van der Waals surface area contributed by atoms with Crippen LogP contribution in [0.2, 0.25) is 0 Å². The SMILES string of the molecule is CN=C(NCc1cccn1C)NC1CCC(C(F)(F)F)CC1. The van der Waals surface area contributed by atoms with Crippen molar-refractivity contribution in [2.45, 2.75) is 44.4 Å². The molecule has 0 aromatic carbocycles. The number of guanidine groups is 1. The second kappa shape index (κ2) is 7.07. The summed E-state index contributed by atoms with van der Waals surface area (Å²) in [5.41, 5.74) is 1.11. The summed E-state index contributed by atoms with van der Waals surface area (Å²) >= 11 is 0. The lowest BCUT2D eigenvalue weighted by molar-refractivity contribution is -0.182. The van der Waals surface area contributed by atoms with Crippen LogP contribution in [0, 0.1) is 5.92 Å². The normalized spacial score (nSPS) is 23.4. The number of aliphatic imine (C=N–C) groups is 1. The van der Waals surface area contributed by atoms with Crippen molar-refractivity contribution in [3.8, 4) is 0 Å². The molecule has 1 saturated carbocycles. The van der Waals surface area contributed by atoms with Crippen molar-refractivity contribution < 1.29 is 13.2 Å². The van der Waals surface area contributed by atoms with Crippen molar-refractivity contribution in [3.05, 3.63) is 24.0 Å². The molecule has 1 heterocycles. The Hall–Kier alpha value is -1.66. The number of hydrogen-bond acceptors (Lipinski definition) is 1. The molecule has 0 spiro atoms. The first-order valence-electron chi connectivity index (χ1n) is 7.54. The number of aryl methyl sites for hydroxylation is 1. The van der Waals surface area contributed by atoms with E-state index in [0.717, 1.165) is 5.69 Å². The molecule has 1 aromatic rings. The van der Waals surface area contributed by atoms with Gasteiger partial charge in [0.05, 0.1) is 12.5 Å². The summed E-state index contributed by atoms with van der Waals surface area (Å²) in [6.45, 7) is 0.626. The fourth-order valence-corrected chi connectivity index (χ4v) is 2.81. The maximum Gasteiger partial charge on any atom is 0.391 e. The summed E-state index contributed by atoms with van der Waals surface area (Å²) in [4.78, 5) is 4.14. The predicted molar refractivity (Wildman–Crippen MR) is 80.5 cm³/mol. The molecular formula is C15H23F3N4. The van der Waals surface area contributed by atoms with E-state index < -0.39 is 12.1 Å². The zero-order valence-corrected chi connectivity index (χ0v) is 13.0. The Balaban J connectivity index is 1.79. The summed E-state index contributed by atoms with van der Waals surface area (Å²) < 4.78 is 40.0. The van der Waals surface area contributed by atoms with Gasteiger partial charge < -0.3 is 15.2 Å². The van der Waals surface area contributed by atoms with E-state index >= 15 is 0 Å². The standard InChI is InChI=1S/C15H23F3N4/c1-19-14(20-10-13-4-3-9-22(13)2)21-12-7-5-11(6-8-12)15(16,17)18/h3-4,9,11-12H,5-8,10H2,1-2H3,(H2,19,20,21). The fourth-order valence-electron chi connectivity index (χ4n) is 2.81. The van der Waals surface area contributed by atoms with Gasteiger partial charge in [0.25, 0.3) is 0 Å². The van der Waals surface area contributed by atoms with Crippen LogP contribution in [0.25, 0.3) is 0 Å². The average Bonchev–Trinajstić information content (AvgIpc) is 2.88. The molecule has 4 nitrogen and oxygen atoms in total. The van der Waals surface area contributed by atoms with Gasteiger partial charge in [0.1, 0.15) is 0 Å². The lowest BCUT2D eigenvalue weighted by Crippen LogP contribution is -2.45. The van der Waals surface area contributed by atoms with Gasteiger partial charge in [-0.15, -0.1) is 0 Å². The summed E-state index contributed by atoms with van der Waals surface area (Å²) in [5, 5.41) is 6.42. The second-order valence-corrected chi connectivity index (χ2v) is 5.77. The van der Waals surface area contributed by atoms with Crippen LogP contribution < -0.4 is 10.6 Å². The molecule has 0 unspecified atom stereocenters. The van der Waals surface area contributed by atoms with Crippen LogP contribution in [0.15, 0.2) is 23.3 Å². The third-order valence-electron chi connectivity index (χ3n) is 4.24.